The van der Waals surface area contributed by atoms with Crippen molar-refractivity contribution in [2.24, 2.45) is 5.73 Å². The Morgan fingerprint density at radius 3 is 2.69 bits per heavy atom. The molecule has 1 spiro atoms. The van der Waals surface area contributed by atoms with Gasteiger partial charge in [0.1, 0.15) is 17.3 Å². The molecule has 2 amide bonds. The number of nitrogens with zero attached hydrogens (tertiary/aromatic N) is 2. The molecular formula is C19H20N4O3. The number of aryl methyl sites for hydroxylation is 1. The largest absolute Gasteiger partial charge is 0.492 e. The van der Waals surface area contributed by atoms with Crippen LogP contribution in [0, 0.1) is 12.3 Å². The fourth-order valence-electron chi connectivity index (χ4n) is 3.43. The molecule has 0 bridgehead atoms. The van der Waals surface area contributed by atoms with E-state index in [1.807, 2.05) is 19.1 Å². The number of carbonyl (C=O) groups excluding carboxylic acids is 1. The third-order valence-corrected chi connectivity index (χ3v) is 4.94. The van der Waals surface area contributed by atoms with E-state index in [4.69, 9.17) is 20.6 Å². The second-order valence-electron chi connectivity index (χ2n) is 6.87. The molecule has 134 valence electrons. The first-order valence-electron chi connectivity index (χ1n) is 8.47. The molecular weight excluding hydrogens is 332 g/mol. The molecule has 1 aliphatic heterocycles. The second-order valence-corrected chi connectivity index (χ2v) is 6.87. The van der Waals surface area contributed by atoms with Gasteiger partial charge in [0, 0.05) is 17.0 Å². The van der Waals surface area contributed by atoms with E-state index in [-0.39, 0.29) is 11.3 Å². The van der Waals surface area contributed by atoms with Crippen LogP contribution in [0.5, 0.6) is 17.4 Å². The Hall–Kier alpha value is -3.09. The molecule has 7 heteroatoms. The number of hydrogen-bond donors (Lipinski definition) is 2. The smallest absolute Gasteiger partial charge is 0.324 e. The summed E-state index contributed by atoms with van der Waals surface area (Å²) in [6.45, 7) is 4.23. The summed E-state index contributed by atoms with van der Waals surface area (Å²) in [6, 6.07) is 6.53. The number of nitrogens with one attached hydrogen (secondary N) is 1. The molecule has 0 atom stereocenters. The van der Waals surface area contributed by atoms with Gasteiger partial charge in [-0.2, -0.15) is 0 Å². The fraction of sp³-hybridized carbons (Fsp3) is 0.316. The van der Waals surface area contributed by atoms with Crippen LogP contribution in [0.1, 0.15) is 30.9 Å². The summed E-state index contributed by atoms with van der Waals surface area (Å²) in [6.07, 6.45) is 3.69. The number of hydrogen-bond acceptors (Lipinski definition) is 5. The summed E-state index contributed by atoms with van der Waals surface area (Å²) in [5.74, 6) is 2.12. The Balaban J connectivity index is 1.63. The maximum absolute atomic E-state index is 11.5. The van der Waals surface area contributed by atoms with Crippen LogP contribution in [0.15, 0.2) is 30.5 Å². The van der Waals surface area contributed by atoms with Crippen LogP contribution in [-0.4, -0.2) is 23.5 Å². The van der Waals surface area contributed by atoms with Crippen LogP contribution in [0.3, 0.4) is 0 Å². The van der Waals surface area contributed by atoms with Crippen LogP contribution in [-0.2, 0) is 5.41 Å². The number of amides is 2. The first-order valence-corrected chi connectivity index (χ1v) is 8.47. The highest BCUT2D eigenvalue weighted by Crippen LogP contribution is 2.59. The third-order valence-electron chi connectivity index (χ3n) is 4.94. The molecule has 0 saturated heterocycles. The van der Waals surface area contributed by atoms with E-state index in [2.05, 4.69) is 4.98 Å². The van der Waals surface area contributed by atoms with Gasteiger partial charge in [0.2, 0.25) is 5.88 Å². The molecule has 2 aromatic rings. The van der Waals surface area contributed by atoms with E-state index in [0.717, 1.165) is 40.4 Å². The van der Waals surface area contributed by atoms with Crippen molar-refractivity contribution in [3.8, 4) is 17.4 Å². The molecule has 3 N–H and O–H groups in total. The molecule has 2 aliphatic rings. The molecule has 1 aromatic heterocycles. The van der Waals surface area contributed by atoms with Crippen molar-refractivity contribution in [2.45, 2.75) is 32.1 Å². The topological polar surface area (TPSA) is 102 Å². The van der Waals surface area contributed by atoms with Gasteiger partial charge in [0.25, 0.3) is 0 Å². The van der Waals surface area contributed by atoms with Crippen molar-refractivity contribution >= 4 is 17.6 Å². The van der Waals surface area contributed by atoms with Gasteiger partial charge in [-0.25, -0.2) is 14.7 Å². The van der Waals surface area contributed by atoms with Gasteiger partial charge < -0.3 is 15.2 Å². The van der Waals surface area contributed by atoms with Crippen molar-refractivity contribution in [1.29, 1.82) is 5.41 Å². The van der Waals surface area contributed by atoms with Crippen LogP contribution < -0.4 is 20.1 Å². The predicted molar refractivity (Wildman–Crippen MR) is 97.4 cm³/mol. The molecule has 7 nitrogen and oxygen atoms in total. The number of nitrogens with two attached hydrogens (primary N) is 1. The third kappa shape index (κ3) is 2.56. The number of anilines is 1. The Labute approximate surface area is 151 Å². The molecule has 1 fully saturated rings. The standard InChI is InChI=1S/C19H20N4O3/c1-11-3-5-14(16-17(11)25-10-19(16)7-8-19)26-15-6-4-13(9-22-15)23(12(2)20)18(21)24/h3-6,9,20H,7-8,10H2,1-2H3,(H2,21,24). The highest BCUT2D eigenvalue weighted by molar-refractivity contribution is 6.13. The lowest BCUT2D eigenvalue weighted by Crippen LogP contribution is -2.39. The van der Waals surface area contributed by atoms with Gasteiger partial charge in [0.15, 0.2) is 0 Å². The van der Waals surface area contributed by atoms with Crippen LogP contribution in [0.2, 0.25) is 0 Å². The average molecular weight is 352 g/mol. The Morgan fingerprint density at radius 2 is 2.12 bits per heavy atom. The van der Waals surface area contributed by atoms with Crippen molar-refractivity contribution in [3.05, 3.63) is 41.6 Å². The number of pyridine rings is 1. The number of urea groups is 1. The molecule has 1 aliphatic carbocycles. The van der Waals surface area contributed by atoms with E-state index in [1.165, 1.54) is 13.1 Å². The Kier molecular flexibility index (Phi) is 3.61. The Morgan fingerprint density at radius 1 is 1.35 bits per heavy atom. The lowest BCUT2D eigenvalue weighted by Gasteiger charge is -2.18. The highest BCUT2D eigenvalue weighted by Gasteiger charge is 2.53. The van der Waals surface area contributed by atoms with Gasteiger partial charge in [0.05, 0.1) is 18.5 Å². The van der Waals surface area contributed by atoms with E-state index >= 15 is 0 Å². The van der Waals surface area contributed by atoms with Crippen LogP contribution >= 0.6 is 0 Å². The van der Waals surface area contributed by atoms with E-state index in [1.54, 1.807) is 12.1 Å². The number of benzene rings is 1. The predicted octanol–water partition coefficient (Wildman–Crippen LogP) is 3.49. The first kappa shape index (κ1) is 16.4. The van der Waals surface area contributed by atoms with E-state index in [9.17, 15) is 4.79 Å². The van der Waals surface area contributed by atoms with Gasteiger partial charge in [-0.3, -0.25) is 5.41 Å². The summed E-state index contributed by atoms with van der Waals surface area (Å²) in [7, 11) is 0. The molecule has 26 heavy (non-hydrogen) atoms. The average Bonchev–Trinajstić information content (AvgIpc) is 3.25. The van der Waals surface area contributed by atoms with Crippen LogP contribution in [0.4, 0.5) is 10.5 Å². The summed E-state index contributed by atoms with van der Waals surface area (Å²) in [5.41, 5.74) is 8.08. The van der Waals surface area contributed by atoms with Gasteiger partial charge in [-0.15, -0.1) is 0 Å². The zero-order valence-electron chi connectivity index (χ0n) is 14.7. The summed E-state index contributed by atoms with van der Waals surface area (Å²) in [4.78, 5) is 16.8. The van der Waals surface area contributed by atoms with Crippen molar-refractivity contribution < 1.29 is 14.3 Å². The Bertz CT molecular complexity index is 890. The molecule has 0 unspecified atom stereocenters. The number of fused-ring (bicyclic) bond motifs is 2. The zero-order chi connectivity index (χ0) is 18.5. The summed E-state index contributed by atoms with van der Waals surface area (Å²) in [5, 5.41) is 7.66. The second kappa shape index (κ2) is 5.72. The van der Waals surface area contributed by atoms with Gasteiger partial charge in [-0.1, -0.05) is 6.07 Å². The maximum atomic E-state index is 11.5. The van der Waals surface area contributed by atoms with Crippen molar-refractivity contribution in [2.75, 3.05) is 11.5 Å². The molecule has 4 rings (SSSR count). The summed E-state index contributed by atoms with van der Waals surface area (Å²) >= 11 is 0. The molecule has 2 heterocycles. The maximum Gasteiger partial charge on any atom is 0.324 e. The SMILES string of the molecule is CC(=N)N(C(N)=O)c1ccc(Oc2ccc(C)c3c2C2(CC2)CO3)nc1. The number of rotatable bonds is 3. The van der Waals surface area contributed by atoms with Gasteiger partial charge >= 0.3 is 6.03 Å². The number of primary amides is 1. The first-order chi connectivity index (χ1) is 12.4. The lowest BCUT2D eigenvalue weighted by molar-refractivity contribution is 0.256. The van der Waals surface area contributed by atoms with E-state index in [0.29, 0.717) is 18.2 Å². The van der Waals surface area contributed by atoms with E-state index < -0.39 is 6.03 Å². The lowest BCUT2D eigenvalue weighted by atomic mass is 9.95. The molecule has 0 radical (unpaired) electrons. The molecule has 1 aromatic carbocycles. The normalized spacial score (nSPS) is 15.9. The summed E-state index contributed by atoms with van der Waals surface area (Å²) < 4.78 is 11.9. The van der Waals surface area contributed by atoms with Gasteiger partial charge in [-0.05, 0) is 44.4 Å². The fourth-order valence-corrected chi connectivity index (χ4v) is 3.43. The monoisotopic (exact) mass is 352 g/mol. The number of aromatic nitrogens is 1. The zero-order valence-corrected chi connectivity index (χ0v) is 14.7. The number of carbonyl (C=O) groups is 1. The highest BCUT2D eigenvalue weighted by atomic mass is 16.5. The minimum Gasteiger partial charge on any atom is -0.492 e. The quantitative estimate of drug-likeness (QED) is 0.652. The minimum atomic E-state index is -0.725. The van der Waals surface area contributed by atoms with Crippen molar-refractivity contribution in [1.82, 2.24) is 4.98 Å². The minimum absolute atomic E-state index is 0.0251. The van der Waals surface area contributed by atoms with Crippen molar-refractivity contribution in [3.63, 3.8) is 0 Å². The number of amidine groups is 1. The number of ether oxygens (including phenoxy) is 2. The van der Waals surface area contributed by atoms with Crippen LogP contribution in [0.25, 0.3) is 0 Å². The molecule has 1 saturated carbocycles.